The quantitative estimate of drug-likeness (QED) is 0.144. The van der Waals surface area contributed by atoms with Gasteiger partial charge < -0.3 is 4.74 Å². The highest BCUT2D eigenvalue weighted by atomic mass is 19.4. The van der Waals surface area contributed by atoms with Crippen LogP contribution in [0.4, 0.5) is 43.9 Å². The Bertz CT molecular complexity index is 1950. The molecule has 1 aromatic heterocycles. The maximum atomic E-state index is 15.0. The lowest BCUT2D eigenvalue weighted by atomic mass is 9.98. The third kappa shape index (κ3) is 6.17. The van der Waals surface area contributed by atoms with E-state index in [-0.39, 0.29) is 33.2 Å². The molecule has 0 unspecified atom stereocenters. The lowest BCUT2D eigenvalue weighted by Crippen LogP contribution is -2.25. The van der Waals surface area contributed by atoms with Crippen LogP contribution in [0.15, 0.2) is 72.9 Å². The van der Waals surface area contributed by atoms with Crippen LogP contribution >= 0.6 is 0 Å². The SMILES string of the molecule is Cc1ccc(-c2cc(F)c(C(F)(F)Oc3ccc(-c4ccc5c(F)c(C#CC(F)(F)F)c(F)cc5c4)c(F)c3)c(F)c2)nc1. The van der Waals surface area contributed by atoms with E-state index in [0.717, 1.165) is 41.8 Å². The van der Waals surface area contributed by atoms with Gasteiger partial charge in [0.05, 0.1) is 11.3 Å². The molecule has 0 spiro atoms. The van der Waals surface area contributed by atoms with E-state index < -0.39 is 58.2 Å². The van der Waals surface area contributed by atoms with Crippen molar-refractivity contribution in [3.63, 3.8) is 0 Å². The molecule has 0 atom stereocenters. The number of ether oxygens (including phenoxy) is 1. The molecule has 12 heteroatoms. The second kappa shape index (κ2) is 11.2. The van der Waals surface area contributed by atoms with Crippen LogP contribution in [0, 0.1) is 47.9 Å². The predicted molar refractivity (Wildman–Crippen MR) is 141 cm³/mol. The van der Waals surface area contributed by atoms with Crippen molar-refractivity contribution < 1.29 is 48.6 Å². The summed E-state index contributed by atoms with van der Waals surface area (Å²) in [6, 6.07) is 10.8. The number of rotatable bonds is 5. The van der Waals surface area contributed by atoms with Gasteiger partial charge in [-0.3, -0.25) is 4.98 Å². The van der Waals surface area contributed by atoms with E-state index in [9.17, 15) is 39.5 Å². The Morgan fingerprint density at radius 2 is 1.41 bits per heavy atom. The third-order valence-electron chi connectivity index (χ3n) is 6.40. The Morgan fingerprint density at radius 3 is 2.02 bits per heavy atom. The molecule has 4 aromatic carbocycles. The molecule has 0 radical (unpaired) electrons. The molecule has 224 valence electrons. The zero-order valence-electron chi connectivity index (χ0n) is 22.1. The fourth-order valence-electron chi connectivity index (χ4n) is 4.38. The van der Waals surface area contributed by atoms with Crippen LogP contribution in [-0.4, -0.2) is 11.2 Å². The smallest absolute Gasteiger partial charge is 0.429 e. The Morgan fingerprint density at radius 1 is 0.705 bits per heavy atom. The largest absolute Gasteiger partial charge is 0.458 e. The molecule has 0 bridgehead atoms. The first-order chi connectivity index (χ1) is 20.6. The van der Waals surface area contributed by atoms with Crippen molar-refractivity contribution >= 4 is 10.8 Å². The fraction of sp³-hybridized carbons (Fsp3) is 0.0938. The summed E-state index contributed by atoms with van der Waals surface area (Å²) in [4.78, 5) is 4.00. The van der Waals surface area contributed by atoms with Crippen molar-refractivity contribution in [2.75, 3.05) is 0 Å². The molecule has 0 amide bonds. The Balaban J connectivity index is 1.43. The van der Waals surface area contributed by atoms with Crippen molar-refractivity contribution in [3.8, 4) is 40.0 Å². The van der Waals surface area contributed by atoms with Gasteiger partial charge in [0.2, 0.25) is 0 Å². The average molecular weight is 619 g/mol. The van der Waals surface area contributed by atoms with Crippen molar-refractivity contribution in [2.45, 2.75) is 19.2 Å². The first-order valence-electron chi connectivity index (χ1n) is 12.4. The van der Waals surface area contributed by atoms with Gasteiger partial charge in [0.15, 0.2) is 0 Å². The van der Waals surface area contributed by atoms with Gasteiger partial charge in [0.25, 0.3) is 0 Å². The number of hydrogen-bond acceptors (Lipinski definition) is 2. The number of halogens is 10. The molecule has 44 heavy (non-hydrogen) atoms. The van der Waals surface area contributed by atoms with E-state index in [0.29, 0.717) is 24.3 Å². The van der Waals surface area contributed by atoms with Gasteiger partial charge in [-0.05, 0) is 65.9 Å². The molecule has 5 aromatic rings. The molecular weight excluding hydrogens is 604 g/mol. The molecule has 0 aliphatic heterocycles. The van der Waals surface area contributed by atoms with Crippen LogP contribution < -0.4 is 4.74 Å². The van der Waals surface area contributed by atoms with E-state index in [1.807, 2.05) is 0 Å². The van der Waals surface area contributed by atoms with Gasteiger partial charge in [-0.2, -0.15) is 22.0 Å². The normalized spacial score (nSPS) is 11.8. The van der Waals surface area contributed by atoms with E-state index >= 15 is 4.39 Å². The predicted octanol–water partition coefficient (Wildman–Crippen LogP) is 9.61. The van der Waals surface area contributed by atoms with Crippen LogP contribution in [0.25, 0.3) is 33.2 Å². The number of nitrogens with zero attached hydrogens (tertiary/aromatic N) is 1. The summed E-state index contributed by atoms with van der Waals surface area (Å²) < 4.78 is 145. The van der Waals surface area contributed by atoms with Gasteiger partial charge >= 0.3 is 12.3 Å². The highest BCUT2D eigenvalue weighted by Gasteiger charge is 2.41. The summed E-state index contributed by atoms with van der Waals surface area (Å²) in [6.07, 6.45) is -8.13. The topological polar surface area (TPSA) is 22.1 Å². The number of hydrogen-bond donors (Lipinski definition) is 0. The summed E-state index contributed by atoms with van der Waals surface area (Å²) in [7, 11) is 0. The summed E-state index contributed by atoms with van der Waals surface area (Å²) >= 11 is 0. The molecule has 0 aliphatic rings. The molecule has 0 saturated carbocycles. The second-order valence-corrected chi connectivity index (χ2v) is 9.53. The summed E-state index contributed by atoms with van der Waals surface area (Å²) in [6.45, 7) is 1.73. The number of benzene rings is 4. The van der Waals surface area contributed by atoms with Gasteiger partial charge in [0.1, 0.15) is 40.4 Å². The van der Waals surface area contributed by atoms with Gasteiger partial charge in [-0.15, -0.1) is 0 Å². The molecule has 5 rings (SSSR count). The minimum absolute atomic E-state index is 0.0126. The van der Waals surface area contributed by atoms with Gasteiger partial charge in [0, 0.05) is 34.7 Å². The van der Waals surface area contributed by atoms with E-state index in [4.69, 9.17) is 0 Å². The first kappa shape index (κ1) is 30.4. The third-order valence-corrected chi connectivity index (χ3v) is 6.40. The van der Waals surface area contributed by atoms with E-state index in [2.05, 4.69) is 9.72 Å². The van der Waals surface area contributed by atoms with Crippen molar-refractivity contribution in [1.29, 1.82) is 0 Å². The monoisotopic (exact) mass is 619 g/mol. The van der Waals surface area contributed by atoms with Crippen molar-refractivity contribution in [3.05, 3.63) is 119 Å². The molecule has 1 heterocycles. The minimum Gasteiger partial charge on any atom is -0.429 e. The molecule has 0 saturated heterocycles. The molecule has 0 aliphatic carbocycles. The number of alkyl halides is 5. The van der Waals surface area contributed by atoms with Crippen LogP contribution in [0.2, 0.25) is 0 Å². The van der Waals surface area contributed by atoms with Crippen molar-refractivity contribution in [2.24, 2.45) is 0 Å². The maximum Gasteiger partial charge on any atom is 0.458 e. The number of aromatic nitrogens is 1. The summed E-state index contributed by atoms with van der Waals surface area (Å²) in [5.74, 6) is -5.76. The van der Waals surface area contributed by atoms with E-state index in [1.54, 1.807) is 13.0 Å². The minimum atomic E-state index is -4.98. The van der Waals surface area contributed by atoms with Crippen LogP contribution in [0.3, 0.4) is 0 Å². The number of aryl methyl sites for hydroxylation is 1. The number of fused-ring (bicyclic) bond motifs is 1. The fourth-order valence-corrected chi connectivity index (χ4v) is 4.38. The van der Waals surface area contributed by atoms with Gasteiger partial charge in [-0.25, -0.2) is 22.0 Å². The van der Waals surface area contributed by atoms with Crippen LogP contribution in [0.1, 0.15) is 16.7 Å². The Kier molecular flexibility index (Phi) is 7.76. The lowest BCUT2D eigenvalue weighted by molar-refractivity contribution is -0.189. The van der Waals surface area contributed by atoms with Crippen molar-refractivity contribution in [1.82, 2.24) is 4.98 Å². The lowest BCUT2D eigenvalue weighted by Gasteiger charge is -2.20. The highest BCUT2D eigenvalue weighted by molar-refractivity contribution is 5.89. The summed E-state index contributed by atoms with van der Waals surface area (Å²) in [5.41, 5.74) is -2.25. The standard InChI is InChI=1S/C32H15F10NO/c1-16-2-7-28(43-15-16)19-12-26(35)29(27(36)13-19)32(41,42)44-20-4-6-21(25(34)14-20)17-3-5-22-18(10-17)11-24(33)23(30(22)37)8-9-31(38,39)40/h2-7,10-15H,1H3. The molecular formula is C32H15F10NO. The molecule has 0 fully saturated rings. The zero-order chi connectivity index (χ0) is 32.0. The summed E-state index contributed by atoms with van der Waals surface area (Å²) in [5, 5.41) is -0.466. The van der Waals surface area contributed by atoms with Crippen LogP contribution in [0.5, 0.6) is 5.75 Å². The average Bonchev–Trinajstić information content (AvgIpc) is 2.91. The zero-order valence-corrected chi connectivity index (χ0v) is 22.1. The molecule has 0 N–H and O–H groups in total. The van der Waals surface area contributed by atoms with E-state index in [1.165, 1.54) is 18.2 Å². The van der Waals surface area contributed by atoms with Gasteiger partial charge in [-0.1, -0.05) is 24.1 Å². The Hall–Kier alpha value is -5.05. The number of pyridine rings is 1. The second-order valence-electron chi connectivity index (χ2n) is 9.53. The highest BCUT2D eigenvalue weighted by Crippen LogP contribution is 2.38. The Labute approximate surface area is 242 Å². The molecule has 2 nitrogen and oxygen atoms in total. The van der Waals surface area contributed by atoms with Crippen LogP contribution in [-0.2, 0) is 6.11 Å². The first-order valence-corrected chi connectivity index (χ1v) is 12.4. The maximum absolute atomic E-state index is 15.0.